The number of anilines is 1. The minimum atomic E-state index is -0.329. The Labute approximate surface area is 144 Å². The molecule has 0 saturated carbocycles. The predicted molar refractivity (Wildman–Crippen MR) is 90.7 cm³/mol. The standard InChI is InChI=1S/C16H19N5O2S/c1-2-3-4-14(22)21-8-5-11-13(10-21)24-16(19-11)20-15(23)12-9-17-6-7-18-12/h6-7,9H,2-5,8,10H2,1H3,(H,19,20,23). The van der Waals surface area contributed by atoms with Gasteiger partial charge in [-0.1, -0.05) is 24.7 Å². The molecule has 0 aromatic carbocycles. The molecule has 3 heterocycles. The quantitative estimate of drug-likeness (QED) is 0.898. The Hall–Kier alpha value is -2.35. The molecule has 2 aromatic heterocycles. The molecule has 0 spiro atoms. The van der Waals surface area contributed by atoms with Crippen LogP contribution in [0.25, 0.3) is 0 Å². The van der Waals surface area contributed by atoms with Crippen LogP contribution in [0.3, 0.4) is 0 Å². The van der Waals surface area contributed by atoms with Crippen LogP contribution in [0.1, 0.15) is 47.2 Å². The fourth-order valence-corrected chi connectivity index (χ4v) is 3.54. The molecular formula is C16H19N5O2S. The number of rotatable bonds is 5. The number of aromatic nitrogens is 3. The van der Waals surface area contributed by atoms with Crippen LogP contribution >= 0.6 is 11.3 Å². The van der Waals surface area contributed by atoms with Crippen molar-refractivity contribution in [2.75, 3.05) is 11.9 Å². The van der Waals surface area contributed by atoms with E-state index in [0.29, 0.717) is 24.6 Å². The smallest absolute Gasteiger partial charge is 0.277 e. The molecule has 3 rings (SSSR count). The van der Waals surface area contributed by atoms with Crippen LogP contribution in [0, 0.1) is 0 Å². The van der Waals surface area contributed by atoms with Crippen LogP contribution in [0.4, 0.5) is 5.13 Å². The van der Waals surface area contributed by atoms with Crippen molar-refractivity contribution in [3.63, 3.8) is 0 Å². The van der Waals surface area contributed by atoms with Crippen molar-refractivity contribution >= 4 is 28.3 Å². The number of nitrogens with zero attached hydrogens (tertiary/aromatic N) is 4. The number of hydrogen-bond acceptors (Lipinski definition) is 6. The van der Waals surface area contributed by atoms with E-state index in [1.54, 1.807) is 0 Å². The van der Waals surface area contributed by atoms with Gasteiger partial charge < -0.3 is 4.90 Å². The van der Waals surface area contributed by atoms with Crippen molar-refractivity contribution in [3.05, 3.63) is 34.9 Å². The molecule has 126 valence electrons. The van der Waals surface area contributed by atoms with E-state index in [1.165, 1.54) is 29.9 Å². The Kier molecular flexibility index (Phi) is 5.14. The van der Waals surface area contributed by atoms with E-state index >= 15 is 0 Å². The number of unbranched alkanes of at least 4 members (excludes halogenated alkanes) is 1. The highest BCUT2D eigenvalue weighted by molar-refractivity contribution is 7.15. The van der Waals surface area contributed by atoms with E-state index in [4.69, 9.17) is 0 Å². The Bertz CT molecular complexity index is 731. The molecule has 0 radical (unpaired) electrons. The molecule has 0 aliphatic carbocycles. The van der Waals surface area contributed by atoms with Gasteiger partial charge >= 0.3 is 0 Å². The lowest BCUT2D eigenvalue weighted by Crippen LogP contribution is -2.35. The first kappa shape index (κ1) is 16.5. The van der Waals surface area contributed by atoms with Crippen molar-refractivity contribution in [2.24, 2.45) is 0 Å². The monoisotopic (exact) mass is 345 g/mol. The zero-order valence-corrected chi connectivity index (χ0v) is 14.3. The summed E-state index contributed by atoms with van der Waals surface area (Å²) in [6.45, 7) is 3.35. The van der Waals surface area contributed by atoms with Gasteiger partial charge in [0.05, 0.1) is 18.4 Å². The van der Waals surface area contributed by atoms with Crippen LogP contribution < -0.4 is 5.32 Å². The lowest BCUT2D eigenvalue weighted by Gasteiger charge is -2.26. The largest absolute Gasteiger partial charge is 0.337 e. The molecular weight excluding hydrogens is 326 g/mol. The highest BCUT2D eigenvalue weighted by atomic mass is 32.1. The lowest BCUT2D eigenvalue weighted by atomic mass is 10.1. The number of carbonyl (C=O) groups is 2. The van der Waals surface area contributed by atoms with Crippen LogP contribution in [-0.4, -0.2) is 38.2 Å². The predicted octanol–water partition coefficient (Wildman–Crippen LogP) is 2.26. The minimum absolute atomic E-state index is 0.195. The van der Waals surface area contributed by atoms with Crippen molar-refractivity contribution in [1.29, 1.82) is 0 Å². The number of fused-ring (bicyclic) bond motifs is 1. The summed E-state index contributed by atoms with van der Waals surface area (Å²) >= 11 is 1.42. The van der Waals surface area contributed by atoms with Crippen molar-refractivity contribution < 1.29 is 9.59 Å². The summed E-state index contributed by atoms with van der Waals surface area (Å²) in [6.07, 6.45) is 7.67. The van der Waals surface area contributed by atoms with E-state index in [1.807, 2.05) is 4.90 Å². The summed E-state index contributed by atoms with van der Waals surface area (Å²) in [7, 11) is 0. The van der Waals surface area contributed by atoms with Gasteiger partial charge in [0, 0.05) is 36.7 Å². The third-order valence-corrected chi connectivity index (χ3v) is 4.84. The molecule has 7 nitrogen and oxygen atoms in total. The first-order chi connectivity index (χ1) is 11.7. The number of nitrogens with one attached hydrogen (secondary N) is 1. The maximum atomic E-state index is 12.2. The number of carbonyl (C=O) groups excluding carboxylic acids is 2. The normalized spacial score (nSPS) is 13.5. The summed E-state index contributed by atoms with van der Waals surface area (Å²) < 4.78 is 0. The van der Waals surface area contributed by atoms with Gasteiger partial charge in [0.2, 0.25) is 5.91 Å². The molecule has 24 heavy (non-hydrogen) atoms. The van der Waals surface area contributed by atoms with Gasteiger partial charge in [0.15, 0.2) is 5.13 Å². The first-order valence-electron chi connectivity index (χ1n) is 8.01. The topological polar surface area (TPSA) is 88.1 Å². The van der Waals surface area contributed by atoms with E-state index in [0.717, 1.165) is 29.8 Å². The fraction of sp³-hybridized carbons (Fsp3) is 0.438. The van der Waals surface area contributed by atoms with E-state index < -0.39 is 0 Å². The van der Waals surface area contributed by atoms with Crippen LogP contribution in [0.5, 0.6) is 0 Å². The van der Waals surface area contributed by atoms with Gasteiger partial charge in [-0.2, -0.15) is 0 Å². The van der Waals surface area contributed by atoms with Gasteiger partial charge in [-0.3, -0.25) is 19.9 Å². The lowest BCUT2D eigenvalue weighted by molar-refractivity contribution is -0.132. The number of hydrogen-bond donors (Lipinski definition) is 1. The Morgan fingerprint density at radius 2 is 2.25 bits per heavy atom. The zero-order chi connectivity index (χ0) is 16.9. The summed E-state index contributed by atoms with van der Waals surface area (Å²) in [5.41, 5.74) is 1.22. The summed E-state index contributed by atoms with van der Waals surface area (Å²) in [6, 6.07) is 0. The van der Waals surface area contributed by atoms with Crippen LogP contribution in [-0.2, 0) is 17.8 Å². The third-order valence-electron chi connectivity index (χ3n) is 3.84. The molecule has 2 amide bonds. The average Bonchev–Trinajstić information content (AvgIpc) is 3.01. The maximum absolute atomic E-state index is 12.2. The van der Waals surface area contributed by atoms with Crippen molar-refractivity contribution in [2.45, 2.75) is 39.2 Å². The Morgan fingerprint density at radius 1 is 1.38 bits per heavy atom. The van der Waals surface area contributed by atoms with E-state index in [2.05, 4.69) is 27.2 Å². The SMILES string of the molecule is CCCCC(=O)N1CCc2nc(NC(=O)c3cnccn3)sc2C1. The van der Waals surface area contributed by atoms with E-state index in [-0.39, 0.29) is 17.5 Å². The molecule has 0 saturated heterocycles. The highest BCUT2D eigenvalue weighted by Crippen LogP contribution is 2.29. The second-order valence-electron chi connectivity index (χ2n) is 5.60. The van der Waals surface area contributed by atoms with E-state index in [9.17, 15) is 9.59 Å². The van der Waals surface area contributed by atoms with Crippen LogP contribution in [0.15, 0.2) is 18.6 Å². The third kappa shape index (κ3) is 3.76. The van der Waals surface area contributed by atoms with Gasteiger partial charge in [0.1, 0.15) is 5.69 Å². The fourth-order valence-electron chi connectivity index (χ4n) is 2.53. The molecule has 1 aliphatic rings. The molecule has 0 unspecified atom stereocenters. The molecule has 0 bridgehead atoms. The molecule has 1 aliphatic heterocycles. The summed E-state index contributed by atoms with van der Waals surface area (Å²) in [4.78, 5) is 39.5. The Morgan fingerprint density at radius 3 is 3.00 bits per heavy atom. The van der Waals surface area contributed by atoms with Gasteiger partial charge in [0.25, 0.3) is 5.91 Å². The summed E-state index contributed by atoms with van der Waals surface area (Å²) in [5.74, 6) is -0.133. The van der Waals surface area contributed by atoms with Gasteiger partial charge in [-0.25, -0.2) is 9.97 Å². The number of amides is 2. The second-order valence-corrected chi connectivity index (χ2v) is 6.69. The molecule has 2 aromatic rings. The summed E-state index contributed by atoms with van der Waals surface area (Å²) in [5, 5.41) is 3.30. The second kappa shape index (κ2) is 7.48. The highest BCUT2D eigenvalue weighted by Gasteiger charge is 2.24. The molecule has 1 N–H and O–H groups in total. The Balaban J connectivity index is 1.65. The minimum Gasteiger partial charge on any atom is -0.337 e. The number of thiazole rings is 1. The van der Waals surface area contributed by atoms with Crippen molar-refractivity contribution in [3.8, 4) is 0 Å². The zero-order valence-electron chi connectivity index (χ0n) is 13.5. The average molecular weight is 345 g/mol. The molecule has 0 fully saturated rings. The van der Waals surface area contributed by atoms with Gasteiger partial charge in [-0.05, 0) is 6.42 Å². The first-order valence-corrected chi connectivity index (χ1v) is 8.82. The van der Waals surface area contributed by atoms with Crippen LogP contribution in [0.2, 0.25) is 0 Å². The van der Waals surface area contributed by atoms with Gasteiger partial charge in [-0.15, -0.1) is 0 Å². The molecule has 8 heteroatoms. The molecule has 0 atom stereocenters. The van der Waals surface area contributed by atoms with Crippen molar-refractivity contribution in [1.82, 2.24) is 19.9 Å². The maximum Gasteiger partial charge on any atom is 0.277 e.